The number of benzene rings is 3. The van der Waals surface area contributed by atoms with Gasteiger partial charge in [-0.3, -0.25) is 19.8 Å². The van der Waals surface area contributed by atoms with Crippen LogP contribution >= 0.6 is 0 Å². The second-order valence-electron chi connectivity index (χ2n) is 6.52. The standard InChI is InChI=1S/C22H18N2O5/c25-22(16-7-3-1-4-8-16)23(17-9-5-2-6-10-17)18-11-12-21(20(13-18)24(26)27)29-15-19-14-28-19/h1-13,19H,14-15H2. The Morgan fingerprint density at radius 2 is 1.69 bits per heavy atom. The molecule has 0 aromatic heterocycles. The maximum absolute atomic E-state index is 13.2. The summed E-state index contributed by atoms with van der Waals surface area (Å²) in [6.07, 6.45) is -0.0187. The summed E-state index contributed by atoms with van der Waals surface area (Å²) in [6, 6.07) is 22.3. The molecule has 1 heterocycles. The highest BCUT2D eigenvalue weighted by molar-refractivity contribution is 6.11. The number of rotatable bonds is 7. The van der Waals surface area contributed by atoms with E-state index in [1.165, 1.54) is 17.0 Å². The Bertz CT molecular complexity index is 1020. The van der Waals surface area contributed by atoms with Gasteiger partial charge >= 0.3 is 5.69 Å². The fourth-order valence-electron chi connectivity index (χ4n) is 2.93. The molecule has 0 radical (unpaired) electrons. The van der Waals surface area contributed by atoms with Gasteiger partial charge in [-0.2, -0.15) is 0 Å². The Labute approximate surface area is 167 Å². The first kappa shape index (κ1) is 18.6. The summed E-state index contributed by atoms with van der Waals surface area (Å²) in [5.41, 5.74) is 1.26. The molecule has 0 bridgehead atoms. The zero-order valence-electron chi connectivity index (χ0n) is 15.4. The Kier molecular flexibility index (Phi) is 5.22. The fourth-order valence-corrected chi connectivity index (χ4v) is 2.93. The van der Waals surface area contributed by atoms with Gasteiger partial charge in [0.2, 0.25) is 0 Å². The first-order chi connectivity index (χ1) is 14.1. The van der Waals surface area contributed by atoms with Crippen LogP contribution in [0.5, 0.6) is 5.75 Å². The second kappa shape index (κ2) is 8.12. The van der Waals surface area contributed by atoms with Crippen molar-refractivity contribution < 1.29 is 19.2 Å². The van der Waals surface area contributed by atoms with E-state index in [4.69, 9.17) is 9.47 Å². The molecule has 7 nitrogen and oxygen atoms in total. The van der Waals surface area contributed by atoms with Gasteiger partial charge in [-0.15, -0.1) is 0 Å². The number of nitro benzene ring substituents is 1. The van der Waals surface area contributed by atoms with E-state index in [-0.39, 0.29) is 30.1 Å². The third kappa shape index (κ3) is 4.25. The van der Waals surface area contributed by atoms with E-state index in [9.17, 15) is 14.9 Å². The summed E-state index contributed by atoms with van der Waals surface area (Å²) in [6.45, 7) is 0.852. The van der Waals surface area contributed by atoms with Crippen molar-refractivity contribution >= 4 is 23.0 Å². The van der Waals surface area contributed by atoms with Gasteiger partial charge in [0, 0.05) is 17.3 Å². The Balaban J connectivity index is 1.74. The molecule has 3 aromatic carbocycles. The molecule has 0 N–H and O–H groups in total. The predicted octanol–water partition coefficient (Wildman–Crippen LogP) is 4.35. The van der Waals surface area contributed by atoms with Gasteiger partial charge in [-0.1, -0.05) is 36.4 Å². The minimum absolute atomic E-state index is 0.0187. The summed E-state index contributed by atoms with van der Waals surface area (Å²) >= 11 is 0. The van der Waals surface area contributed by atoms with Crippen molar-refractivity contribution in [3.8, 4) is 5.75 Å². The van der Waals surface area contributed by atoms with Crippen molar-refractivity contribution in [1.29, 1.82) is 0 Å². The number of ether oxygens (including phenoxy) is 2. The SMILES string of the molecule is O=C(c1ccccc1)N(c1ccccc1)c1ccc(OCC2CO2)c([N+](=O)[O-])c1. The maximum Gasteiger partial charge on any atom is 0.313 e. The number of carbonyl (C=O) groups is 1. The van der Waals surface area contributed by atoms with Gasteiger partial charge in [-0.25, -0.2) is 0 Å². The summed E-state index contributed by atoms with van der Waals surface area (Å²) in [5, 5.41) is 11.6. The molecular formula is C22H18N2O5. The van der Waals surface area contributed by atoms with Gasteiger partial charge in [0.1, 0.15) is 12.7 Å². The van der Waals surface area contributed by atoms with E-state index in [1.54, 1.807) is 42.5 Å². The monoisotopic (exact) mass is 390 g/mol. The van der Waals surface area contributed by atoms with E-state index in [0.717, 1.165) is 0 Å². The van der Waals surface area contributed by atoms with Gasteiger partial charge in [0.15, 0.2) is 5.75 Å². The highest BCUT2D eigenvalue weighted by Crippen LogP contribution is 2.36. The molecule has 1 unspecified atom stereocenters. The summed E-state index contributed by atoms with van der Waals surface area (Å²) in [7, 11) is 0. The summed E-state index contributed by atoms with van der Waals surface area (Å²) in [5.74, 6) is -0.138. The van der Waals surface area contributed by atoms with Crippen LogP contribution in [0.2, 0.25) is 0 Å². The minimum Gasteiger partial charge on any atom is -0.484 e. The van der Waals surface area contributed by atoms with E-state index >= 15 is 0 Å². The van der Waals surface area contributed by atoms with E-state index in [2.05, 4.69) is 0 Å². The van der Waals surface area contributed by atoms with Crippen LogP contribution in [-0.2, 0) is 4.74 Å². The highest BCUT2D eigenvalue weighted by Gasteiger charge is 2.27. The zero-order valence-corrected chi connectivity index (χ0v) is 15.4. The third-order valence-electron chi connectivity index (χ3n) is 4.46. The van der Waals surface area contributed by atoms with Crippen molar-refractivity contribution in [2.24, 2.45) is 0 Å². The number of para-hydroxylation sites is 1. The van der Waals surface area contributed by atoms with Crippen LogP contribution in [0.25, 0.3) is 0 Å². The van der Waals surface area contributed by atoms with Gasteiger partial charge < -0.3 is 9.47 Å². The fraction of sp³-hybridized carbons (Fsp3) is 0.136. The molecule has 1 amide bonds. The minimum atomic E-state index is -0.511. The molecule has 29 heavy (non-hydrogen) atoms. The van der Waals surface area contributed by atoms with E-state index < -0.39 is 4.92 Å². The number of hydrogen-bond acceptors (Lipinski definition) is 5. The quantitative estimate of drug-likeness (QED) is 0.340. The molecule has 1 atom stereocenters. The van der Waals surface area contributed by atoms with Crippen LogP contribution < -0.4 is 9.64 Å². The Hall–Kier alpha value is -3.71. The molecule has 0 aliphatic carbocycles. The lowest BCUT2D eigenvalue weighted by Gasteiger charge is -2.23. The molecule has 1 aliphatic rings. The molecule has 146 valence electrons. The van der Waals surface area contributed by atoms with Crippen molar-refractivity contribution in [3.05, 3.63) is 94.5 Å². The van der Waals surface area contributed by atoms with E-state index in [1.807, 2.05) is 24.3 Å². The number of epoxide rings is 1. The van der Waals surface area contributed by atoms with Crippen LogP contribution in [0, 0.1) is 10.1 Å². The normalized spacial score (nSPS) is 14.8. The average Bonchev–Trinajstić information content (AvgIpc) is 3.58. The second-order valence-corrected chi connectivity index (χ2v) is 6.52. The van der Waals surface area contributed by atoms with Crippen molar-refractivity contribution in [2.75, 3.05) is 18.1 Å². The molecule has 1 aliphatic heterocycles. The van der Waals surface area contributed by atoms with Gasteiger partial charge in [0.25, 0.3) is 5.91 Å². The zero-order chi connectivity index (χ0) is 20.2. The topological polar surface area (TPSA) is 85.2 Å². The third-order valence-corrected chi connectivity index (χ3v) is 4.46. The first-order valence-electron chi connectivity index (χ1n) is 9.11. The largest absolute Gasteiger partial charge is 0.484 e. The Morgan fingerprint density at radius 3 is 2.31 bits per heavy atom. The van der Waals surface area contributed by atoms with Crippen molar-refractivity contribution in [2.45, 2.75) is 6.10 Å². The lowest BCUT2D eigenvalue weighted by molar-refractivity contribution is -0.385. The highest BCUT2D eigenvalue weighted by atomic mass is 16.6. The first-order valence-corrected chi connectivity index (χ1v) is 9.11. The molecule has 7 heteroatoms. The van der Waals surface area contributed by atoms with Crippen LogP contribution in [0.4, 0.5) is 17.1 Å². The average molecular weight is 390 g/mol. The Morgan fingerprint density at radius 1 is 1.03 bits per heavy atom. The van der Waals surface area contributed by atoms with E-state index in [0.29, 0.717) is 23.5 Å². The number of amides is 1. The molecule has 1 saturated heterocycles. The number of nitrogens with zero attached hydrogens (tertiary/aromatic N) is 2. The number of hydrogen-bond donors (Lipinski definition) is 0. The summed E-state index contributed by atoms with van der Waals surface area (Å²) in [4.78, 5) is 25.8. The van der Waals surface area contributed by atoms with Crippen LogP contribution in [-0.4, -0.2) is 30.1 Å². The lowest BCUT2D eigenvalue weighted by Crippen LogP contribution is -2.26. The van der Waals surface area contributed by atoms with Crippen LogP contribution in [0.1, 0.15) is 10.4 Å². The number of carbonyl (C=O) groups excluding carboxylic acids is 1. The number of anilines is 2. The smallest absolute Gasteiger partial charge is 0.313 e. The predicted molar refractivity (Wildman–Crippen MR) is 108 cm³/mol. The summed E-state index contributed by atoms with van der Waals surface area (Å²) < 4.78 is 10.6. The molecule has 1 fully saturated rings. The van der Waals surface area contributed by atoms with Gasteiger partial charge in [-0.05, 0) is 36.4 Å². The molecule has 3 aromatic rings. The van der Waals surface area contributed by atoms with Crippen LogP contribution in [0.3, 0.4) is 0 Å². The molecule has 0 saturated carbocycles. The van der Waals surface area contributed by atoms with Crippen molar-refractivity contribution in [3.63, 3.8) is 0 Å². The number of nitro groups is 1. The van der Waals surface area contributed by atoms with Crippen molar-refractivity contribution in [1.82, 2.24) is 0 Å². The van der Waals surface area contributed by atoms with Crippen LogP contribution in [0.15, 0.2) is 78.9 Å². The maximum atomic E-state index is 13.2. The molecule has 4 rings (SSSR count). The van der Waals surface area contributed by atoms with Gasteiger partial charge in [0.05, 0.1) is 17.2 Å². The molecular weight excluding hydrogens is 372 g/mol. The lowest BCUT2D eigenvalue weighted by atomic mass is 10.1. The molecule has 0 spiro atoms.